The zero-order valence-electron chi connectivity index (χ0n) is 11.1. The Balaban J connectivity index is 1.70. The van der Waals surface area contributed by atoms with Crippen LogP contribution in [0.2, 0.25) is 0 Å². The fourth-order valence-corrected chi connectivity index (χ4v) is 2.88. The van der Waals surface area contributed by atoms with Gasteiger partial charge in [0, 0.05) is 23.8 Å². The Morgan fingerprint density at radius 2 is 2.05 bits per heavy atom. The van der Waals surface area contributed by atoms with Crippen molar-refractivity contribution in [1.82, 2.24) is 0 Å². The number of fused-ring (bicyclic) bond motifs is 1. The van der Waals surface area contributed by atoms with Crippen molar-refractivity contribution in [3.63, 3.8) is 0 Å². The minimum absolute atomic E-state index is 0.341. The summed E-state index contributed by atoms with van der Waals surface area (Å²) in [5.41, 5.74) is 1.45. The quantitative estimate of drug-likeness (QED) is 0.886. The maximum Gasteiger partial charge on any atom is 0.257 e. The van der Waals surface area contributed by atoms with E-state index in [0.717, 1.165) is 19.4 Å². The van der Waals surface area contributed by atoms with Crippen LogP contribution in [0.5, 0.6) is 0 Å². The largest absolute Gasteiger partial charge is 0.378 e. The molecule has 0 aromatic heterocycles. The summed E-state index contributed by atoms with van der Waals surface area (Å²) in [5.74, 6) is -0.132. The number of hydrogen-bond donors (Lipinski definition) is 2. The van der Waals surface area contributed by atoms with Crippen molar-refractivity contribution in [1.29, 1.82) is 0 Å². The first kappa shape index (κ1) is 12.1. The molecule has 1 aromatic rings. The van der Waals surface area contributed by atoms with Crippen LogP contribution in [0.15, 0.2) is 12.1 Å². The number of amides is 1. The molecule has 5 heteroatoms. The van der Waals surface area contributed by atoms with Crippen molar-refractivity contribution >= 4 is 17.3 Å². The smallest absolute Gasteiger partial charge is 0.257 e. The highest BCUT2D eigenvalue weighted by Gasteiger charge is 2.37. The maximum atomic E-state index is 14.4. The van der Waals surface area contributed by atoms with E-state index in [2.05, 4.69) is 10.2 Å². The molecule has 1 aliphatic heterocycles. The molecule has 1 atom stereocenters. The molecular weight excluding hydrogens is 259 g/mol. The lowest BCUT2D eigenvalue weighted by Crippen LogP contribution is -2.29. The van der Waals surface area contributed by atoms with Crippen molar-refractivity contribution in [2.24, 2.45) is 5.92 Å². The van der Waals surface area contributed by atoms with E-state index >= 15 is 0 Å². The van der Waals surface area contributed by atoms with E-state index in [1.165, 1.54) is 18.9 Å². The van der Waals surface area contributed by atoms with E-state index in [1.54, 1.807) is 6.07 Å². The third-order valence-electron chi connectivity index (χ3n) is 4.37. The molecule has 106 valence electrons. The average molecular weight is 276 g/mol. The van der Waals surface area contributed by atoms with E-state index in [4.69, 9.17) is 0 Å². The van der Waals surface area contributed by atoms with E-state index < -0.39 is 12.0 Å². The average Bonchev–Trinajstić information content (AvgIpc) is 3.30. The first-order chi connectivity index (χ1) is 9.63. The number of hydrogen-bond acceptors (Lipinski definition) is 3. The molecule has 2 aliphatic carbocycles. The van der Waals surface area contributed by atoms with Gasteiger partial charge in [-0.2, -0.15) is 0 Å². The third kappa shape index (κ3) is 1.97. The van der Waals surface area contributed by atoms with E-state index in [-0.39, 0.29) is 5.82 Å². The molecule has 1 aromatic carbocycles. The van der Waals surface area contributed by atoms with Gasteiger partial charge in [-0.05, 0) is 43.7 Å². The zero-order valence-corrected chi connectivity index (χ0v) is 11.1. The Morgan fingerprint density at radius 1 is 1.30 bits per heavy atom. The Labute approximate surface area is 116 Å². The van der Waals surface area contributed by atoms with Crippen LogP contribution in [0.4, 0.5) is 15.8 Å². The van der Waals surface area contributed by atoms with Gasteiger partial charge in [0.1, 0.15) is 5.82 Å². The molecule has 0 bridgehead atoms. The summed E-state index contributed by atoms with van der Waals surface area (Å²) < 4.78 is 14.4. The standard InChI is InChI=1S/C15H17FN2O2/c16-11-5-10-12(17-15(20)14(10)19)6-13(11)18(9-3-4-9)7-8-1-2-8/h5-6,8-9,14,19H,1-4,7H2,(H,17,20). The van der Waals surface area contributed by atoms with E-state index in [9.17, 15) is 14.3 Å². The number of carbonyl (C=O) groups excluding carboxylic acids is 1. The summed E-state index contributed by atoms with van der Waals surface area (Å²) in [5, 5.41) is 12.3. The number of aliphatic hydroxyl groups is 1. The van der Waals surface area contributed by atoms with Crippen molar-refractivity contribution in [3.05, 3.63) is 23.5 Å². The van der Waals surface area contributed by atoms with Gasteiger partial charge in [-0.15, -0.1) is 0 Å². The molecule has 0 saturated heterocycles. The molecule has 4 rings (SSSR count). The van der Waals surface area contributed by atoms with Gasteiger partial charge in [0.2, 0.25) is 0 Å². The first-order valence-electron chi connectivity index (χ1n) is 7.22. The van der Waals surface area contributed by atoms with Crippen molar-refractivity contribution < 1.29 is 14.3 Å². The van der Waals surface area contributed by atoms with Crippen LogP contribution in [-0.2, 0) is 4.79 Å². The van der Waals surface area contributed by atoms with Gasteiger partial charge >= 0.3 is 0 Å². The molecule has 20 heavy (non-hydrogen) atoms. The van der Waals surface area contributed by atoms with Gasteiger partial charge in [0.15, 0.2) is 6.10 Å². The highest BCUT2D eigenvalue weighted by Crippen LogP contribution is 2.42. The fraction of sp³-hybridized carbons (Fsp3) is 0.533. The van der Waals surface area contributed by atoms with Crippen molar-refractivity contribution in [2.75, 3.05) is 16.8 Å². The number of anilines is 2. The van der Waals surface area contributed by atoms with Crippen LogP contribution in [-0.4, -0.2) is 23.6 Å². The van der Waals surface area contributed by atoms with Gasteiger partial charge in [-0.3, -0.25) is 4.79 Å². The Kier molecular flexibility index (Phi) is 2.54. The normalized spacial score (nSPS) is 24.5. The molecule has 4 nitrogen and oxygen atoms in total. The van der Waals surface area contributed by atoms with Crippen LogP contribution in [0, 0.1) is 11.7 Å². The minimum Gasteiger partial charge on any atom is -0.378 e. The summed E-state index contributed by atoms with van der Waals surface area (Å²) in [6, 6.07) is 3.42. The van der Waals surface area contributed by atoms with Crippen molar-refractivity contribution in [3.8, 4) is 0 Å². The van der Waals surface area contributed by atoms with Gasteiger partial charge in [-0.25, -0.2) is 4.39 Å². The highest BCUT2D eigenvalue weighted by molar-refractivity contribution is 6.02. The number of halogens is 1. The van der Waals surface area contributed by atoms with Crippen molar-refractivity contribution in [2.45, 2.75) is 37.8 Å². The predicted octanol–water partition coefficient (Wildman–Crippen LogP) is 2.19. The summed E-state index contributed by atoms with van der Waals surface area (Å²) in [4.78, 5) is 13.6. The number of aliphatic hydroxyl groups excluding tert-OH is 1. The van der Waals surface area contributed by atoms with Gasteiger partial charge in [-0.1, -0.05) is 0 Å². The molecule has 0 spiro atoms. The second-order valence-electron chi connectivity index (χ2n) is 6.11. The van der Waals surface area contributed by atoms with Gasteiger partial charge in [0.25, 0.3) is 5.91 Å². The molecule has 1 amide bonds. The fourth-order valence-electron chi connectivity index (χ4n) is 2.88. The monoisotopic (exact) mass is 276 g/mol. The summed E-state index contributed by atoms with van der Waals surface area (Å²) >= 11 is 0. The second-order valence-corrected chi connectivity index (χ2v) is 6.11. The van der Waals surface area contributed by atoms with Crippen LogP contribution in [0.1, 0.15) is 37.4 Å². The molecule has 2 saturated carbocycles. The molecule has 2 fully saturated rings. The van der Waals surface area contributed by atoms with Gasteiger partial charge in [0.05, 0.1) is 5.69 Å². The Hall–Kier alpha value is -1.62. The lowest BCUT2D eigenvalue weighted by atomic mass is 10.1. The number of carbonyl (C=O) groups is 1. The minimum atomic E-state index is -1.24. The zero-order chi connectivity index (χ0) is 13.9. The predicted molar refractivity (Wildman–Crippen MR) is 73.1 cm³/mol. The van der Waals surface area contributed by atoms with E-state index in [1.807, 2.05) is 0 Å². The Morgan fingerprint density at radius 3 is 2.70 bits per heavy atom. The van der Waals surface area contributed by atoms with Crippen LogP contribution >= 0.6 is 0 Å². The number of benzene rings is 1. The third-order valence-corrected chi connectivity index (χ3v) is 4.37. The SMILES string of the molecule is O=C1Nc2cc(N(CC3CC3)C3CC3)c(F)cc2C1O. The molecule has 0 radical (unpaired) electrons. The van der Waals surface area contributed by atoms with Crippen LogP contribution in [0.3, 0.4) is 0 Å². The van der Waals surface area contributed by atoms with Crippen LogP contribution in [0.25, 0.3) is 0 Å². The maximum absolute atomic E-state index is 14.4. The number of nitrogens with one attached hydrogen (secondary N) is 1. The summed E-state index contributed by atoms with van der Waals surface area (Å²) in [6.45, 7) is 0.900. The van der Waals surface area contributed by atoms with Crippen LogP contribution < -0.4 is 10.2 Å². The molecular formula is C15H17FN2O2. The molecule has 1 unspecified atom stereocenters. The summed E-state index contributed by atoms with van der Waals surface area (Å²) in [7, 11) is 0. The topological polar surface area (TPSA) is 52.6 Å². The number of nitrogens with zero attached hydrogens (tertiary/aromatic N) is 1. The highest BCUT2D eigenvalue weighted by atomic mass is 19.1. The Bertz CT molecular complexity index is 581. The summed E-state index contributed by atoms with van der Waals surface area (Å²) in [6.07, 6.45) is 3.43. The van der Waals surface area contributed by atoms with E-state index in [0.29, 0.717) is 28.9 Å². The lowest BCUT2D eigenvalue weighted by Gasteiger charge is -2.25. The molecule has 2 N–H and O–H groups in total. The lowest BCUT2D eigenvalue weighted by molar-refractivity contribution is -0.123. The number of rotatable bonds is 4. The molecule has 3 aliphatic rings. The molecule has 1 heterocycles. The first-order valence-corrected chi connectivity index (χ1v) is 7.22. The second kappa shape index (κ2) is 4.19. The van der Waals surface area contributed by atoms with Gasteiger partial charge < -0.3 is 15.3 Å².